The Kier molecular flexibility index (Phi) is 6.60. The maximum Gasteiger partial charge on any atom is 0.338 e. The number of rotatable bonds is 6. The molecule has 1 aromatic heterocycles. The number of fused-ring (bicyclic) bond motifs is 1. The Hall–Kier alpha value is -3.75. The second-order valence-electron chi connectivity index (χ2n) is 9.34. The molecular weight excluding hydrogens is 458 g/mol. The number of aromatic nitrogens is 2. The fraction of sp³-hybridized carbons (Fsp3) is 0.346. The van der Waals surface area contributed by atoms with Gasteiger partial charge in [-0.2, -0.15) is 5.10 Å². The topological polar surface area (TPSA) is 90.7 Å². The molecule has 0 radical (unpaired) electrons. The normalized spacial score (nSPS) is 15.5. The van der Waals surface area contributed by atoms with Gasteiger partial charge in [0.1, 0.15) is 23.1 Å². The molecule has 1 N–H and O–H groups in total. The lowest BCUT2D eigenvalue weighted by molar-refractivity contribution is 0.00692. The van der Waals surface area contributed by atoms with Gasteiger partial charge in [-0.25, -0.2) is 23.1 Å². The zero-order valence-corrected chi connectivity index (χ0v) is 19.6. The minimum absolute atomic E-state index is 0.0244. The van der Waals surface area contributed by atoms with Crippen LogP contribution in [0.3, 0.4) is 0 Å². The third-order valence-corrected chi connectivity index (χ3v) is 5.56. The molecule has 0 bridgehead atoms. The van der Waals surface area contributed by atoms with Gasteiger partial charge in [0.15, 0.2) is 0 Å². The van der Waals surface area contributed by atoms with Gasteiger partial charge in [0.2, 0.25) is 0 Å². The number of carboxylic acid groups (broad SMARTS) is 1. The van der Waals surface area contributed by atoms with Crippen molar-refractivity contribution in [2.75, 3.05) is 0 Å². The van der Waals surface area contributed by atoms with E-state index in [0.29, 0.717) is 47.5 Å². The highest BCUT2D eigenvalue weighted by Crippen LogP contribution is 2.39. The number of benzene rings is 2. The van der Waals surface area contributed by atoms with E-state index < -0.39 is 30.1 Å². The highest BCUT2D eigenvalue weighted by Gasteiger charge is 2.33. The Morgan fingerprint density at radius 3 is 2.46 bits per heavy atom. The summed E-state index contributed by atoms with van der Waals surface area (Å²) in [4.78, 5) is 23.7. The summed E-state index contributed by atoms with van der Waals surface area (Å²) >= 11 is 0. The van der Waals surface area contributed by atoms with Gasteiger partial charge in [-0.3, -0.25) is 0 Å². The molecule has 0 saturated carbocycles. The quantitative estimate of drug-likeness (QED) is 0.437. The van der Waals surface area contributed by atoms with Crippen molar-refractivity contribution in [3.8, 4) is 11.4 Å². The van der Waals surface area contributed by atoms with Crippen LogP contribution in [0.5, 0.6) is 5.75 Å². The highest BCUT2D eigenvalue weighted by atomic mass is 19.3. The highest BCUT2D eigenvalue weighted by molar-refractivity contribution is 5.89. The molecule has 1 unspecified atom stereocenters. The van der Waals surface area contributed by atoms with Crippen LogP contribution in [0.1, 0.15) is 83.8 Å². The predicted octanol–water partition coefficient (Wildman–Crippen LogP) is 5.92. The van der Waals surface area contributed by atoms with Crippen molar-refractivity contribution in [3.63, 3.8) is 0 Å². The molecule has 1 aliphatic rings. The Bertz CT molecular complexity index is 1250. The van der Waals surface area contributed by atoms with Gasteiger partial charge in [0.25, 0.3) is 6.43 Å². The molecule has 0 fully saturated rings. The minimum atomic E-state index is -2.78. The molecule has 1 aliphatic carbocycles. The molecule has 2 aromatic carbocycles. The maximum absolute atomic E-state index is 13.8. The number of halogens is 2. The van der Waals surface area contributed by atoms with Crippen LogP contribution >= 0.6 is 0 Å². The van der Waals surface area contributed by atoms with Crippen LogP contribution in [0.15, 0.2) is 48.5 Å². The lowest BCUT2D eigenvalue weighted by Crippen LogP contribution is -2.23. The van der Waals surface area contributed by atoms with Crippen LogP contribution in [0.25, 0.3) is 5.69 Å². The van der Waals surface area contributed by atoms with Gasteiger partial charge >= 0.3 is 11.9 Å². The maximum atomic E-state index is 13.8. The van der Waals surface area contributed by atoms with E-state index in [2.05, 4.69) is 5.10 Å². The number of alkyl halides is 2. The van der Waals surface area contributed by atoms with E-state index in [1.54, 1.807) is 57.2 Å². The summed E-state index contributed by atoms with van der Waals surface area (Å²) in [5.41, 5.74) is 0.707. The van der Waals surface area contributed by atoms with Crippen molar-refractivity contribution in [1.29, 1.82) is 0 Å². The number of carbonyl (C=O) groups is 2. The predicted molar refractivity (Wildman–Crippen MR) is 123 cm³/mol. The fourth-order valence-corrected chi connectivity index (χ4v) is 4.10. The van der Waals surface area contributed by atoms with Crippen LogP contribution in [0.2, 0.25) is 0 Å². The summed E-state index contributed by atoms with van der Waals surface area (Å²) in [6.07, 6.45) is -1.74. The molecule has 0 spiro atoms. The largest absolute Gasteiger partial charge is 0.484 e. The second-order valence-corrected chi connectivity index (χ2v) is 9.34. The fourth-order valence-electron chi connectivity index (χ4n) is 4.10. The van der Waals surface area contributed by atoms with Gasteiger partial charge in [-0.05, 0) is 82.5 Å². The van der Waals surface area contributed by atoms with Crippen LogP contribution in [-0.4, -0.2) is 32.4 Å². The van der Waals surface area contributed by atoms with Gasteiger partial charge < -0.3 is 14.6 Å². The Morgan fingerprint density at radius 2 is 1.83 bits per heavy atom. The summed E-state index contributed by atoms with van der Waals surface area (Å²) < 4.78 is 40.6. The summed E-state index contributed by atoms with van der Waals surface area (Å²) in [6.45, 7) is 5.35. The van der Waals surface area contributed by atoms with Crippen LogP contribution in [0.4, 0.5) is 8.78 Å². The SMILES string of the molecule is CC(C)(C)OC(=O)c1ccc(OC2CCCc3c(C(F)F)nn(-c4cccc(C(=O)O)c4)c32)cc1. The lowest BCUT2D eigenvalue weighted by Gasteiger charge is -2.26. The molecule has 7 nitrogen and oxygen atoms in total. The molecule has 0 aliphatic heterocycles. The monoisotopic (exact) mass is 484 g/mol. The minimum Gasteiger partial charge on any atom is -0.484 e. The number of carbonyl (C=O) groups excluding carboxylic acids is 1. The number of aromatic carboxylic acids is 1. The molecule has 35 heavy (non-hydrogen) atoms. The third kappa shape index (κ3) is 5.34. The van der Waals surface area contributed by atoms with E-state index in [1.807, 2.05) is 0 Å². The number of hydrogen-bond donors (Lipinski definition) is 1. The second kappa shape index (κ2) is 9.48. The van der Waals surface area contributed by atoms with Gasteiger partial charge in [-0.1, -0.05) is 6.07 Å². The first-order valence-corrected chi connectivity index (χ1v) is 11.3. The Labute approximate surface area is 201 Å². The number of hydrogen-bond acceptors (Lipinski definition) is 5. The van der Waals surface area contributed by atoms with Crippen LogP contribution in [-0.2, 0) is 11.2 Å². The first-order valence-electron chi connectivity index (χ1n) is 11.3. The third-order valence-electron chi connectivity index (χ3n) is 5.56. The zero-order valence-electron chi connectivity index (χ0n) is 19.6. The Morgan fingerprint density at radius 1 is 1.11 bits per heavy atom. The molecule has 0 saturated heterocycles. The molecule has 3 aromatic rings. The molecular formula is C26H26F2N2O5. The molecule has 184 valence electrons. The van der Waals surface area contributed by atoms with Crippen LogP contribution in [0, 0.1) is 0 Å². The smallest absolute Gasteiger partial charge is 0.338 e. The Balaban J connectivity index is 1.67. The standard InChI is InChI=1S/C26H26F2N2O5/c1-26(2,3)35-25(33)15-10-12-18(13-11-15)34-20-9-5-8-19-21(23(27)28)29-30(22(19)20)17-7-4-6-16(14-17)24(31)32/h4,6-7,10-14,20,23H,5,8-9H2,1-3H3,(H,31,32). The number of nitrogens with zero attached hydrogens (tertiary/aromatic N) is 2. The van der Waals surface area contributed by atoms with Gasteiger partial charge in [0, 0.05) is 5.56 Å². The summed E-state index contributed by atoms with van der Waals surface area (Å²) in [6, 6.07) is 12.4. The van der Waals surface area contributed by atoms with Crippen molar-refractivity contribution in [2.45, 2.75) is 58.2 Å². The van der Waals surface area contributed by atoms with E-state index in [4.69, 9.17) is 9.47 Å². The van der Waals surface area contributed by atoms with Crippen molar-refractivity contribution in [2.24, 2.45) is 0 Å². The lowest BCUT2D eigenvalue weighted by atomic mass is 9.93. The molecule has 9 heteroatoms. The average Bonchev–Trinajstić information content (AvgIpc) is 3.20. The van der Waals surface area contributed by atoms with E-state index >= 15 is 0 Å². The number of ether oxygens (including phenoxy) is 2. The zero-order chi connectivity index (χ0) is 25.3. The first kappa shape index (κ1) is 24.4. The van der Waals surface area contributed by atoms with Crippen molar-refractivity contribution in [1.82, 2.24) is 9.78 Å². The van der Waals surface area contributed by atoms with E-state index in [0.717, 1.165) is 0 Å². The summed E-state index contributed by atoms with van der Waals surface area (Å²) in [5.74, 6) is -1.12. The number of esters is 1. The number of carboxylic acids is 1. The average molecular weight is 484 g/mol. The molecule has 0 amide bonds. The first-order chi connectivity index (χ1) is 16.5. The van der Waals surface area contributed by atoms with E-state index in [-0.39, 0.29) is 11.3 Å². The molecule has 4 rings (SSSR count). The van der Waals surface area contributed by atoms with Gasteiger partial charge in [-0.15, -0.1) is 0 Å². The molecule has 1 heterocycles. The molecule has 1 atom stereocenters. The van der Waals surface area contributed by atoms with Gasteiger partial charge in [0.05, 0.1) is 22.5 Å². The van der Waals surface area contributed by atoms with Crippen molar-refractivity contribution >= 4 is 11.9 Å². The van der Waals surface area contributed by atoms with Crippen molar-refractivity contribution < 1.29 is 33.0 Å². The van der Waals surface area contributed by atoms with Crippen molar-refractivity contribution in [3.05, 3.63) is 76.6 Å². The summed E-state index contributed by atoms with van der Waals surface area (Å²) in [7, 11) is 0. The van der Waals surface area contributed by atoms with E-state index in [9.17, 15) is 23.5 Å². The van der Waals surface area contributed by atoms with E-state index in [1.165, 1.54) is 16.8 Å². The van der Waals surface area contributed by atoms with Crippen LogP contribution < -0.4 is 4.74 Å². The summed E-state index contributed by atoms with van der Waals surface area (Å²) in [5, 5.41) is 13.5.